The van der Waals surface area contributed by atoms with Crippen molar-refractivity contribution in [3.8, 4) is 0 Å². The predicted molar refractivity (Wildman–Crippen MR) is 76.6 cm³/mol. The predicted octanol–water partition coefficient (Wildman–Crippen LogP) is 2.43. The minimum absolute atomic E-state index is 0.0248. The van der Waals surface area contributed by atoms with Crippen molar-refractivity contribution in [3.63, 3.8) is 0 Å². The molecule has 2 rings (SSSR count). The topological polar surface area (TPSA) is 49.3 Å². The maximum atomic E-state index is 11.9. The maximum absolute atomic E-state index is 11.9. The number of hydrogen-bond acceptors (Lipinski definition) is 2. The normalized spacial score (nSPS) is 17.8. The number of aliphatic hydroxyl groups is 1. The summed E-state index contributed by atoms with van der Waals surface area (Å²) < 4.78 is 0. The fourth-order valence-electron chi connectivity index (χ4n) is 2.62. The standard InChI is InChI=1S/C16H21NO2/c1-13-5-4-6-14(11-13)7-8-15(19)17-16(12-18)9-2-3-10-16/h4-8,11,18H,2-3,9-10,12H2,1H3,(H,17,19)/b8-7+. The van der Waals surface area contributed by atoms with E-state index in [1.54, 1.807) is 6.08 Å². The van der Waals surface area contributed by atoms with Crippen LogP contribution in [0.5, 0.6) is 0 Å². The quantitative estimate of drug-likeness (QED) is 0.816. The summed E-state index contributed by atoms with van der Waals surface area (Å²) in [6, 6.07) is 7.99. The zero-order chi connectivity index (χ0) is 13.7. The van der Waals surface area contributed by atoms with Crippen LogP contribution in [0.3, 0.4) is 0 Å². The zero-order valence-corrected chi connectivity index (χ0v) is 11.4. The van der Waals surface area contributed by atoms with Gasteiger partial charge in [-0.1, -0.05) is 42.7 Å². The fraction of sp³-hybridized carbons (Fsp3) is 0.438. The van der Waals surface area contributed by atoms with E-state index in [-0.39, 0.29) is 12.5 Å². The second kappa shape index (κ2) is 6.02. The molecule has 102 valence electrons. The highest BCUT2D eigenvalue weighted by Gasteiger charge is 2.33. The molecule has 0 saturated heterocycles. The molecule has 0 aliphatic heterocycles. The van der Waals surface area contributed by atoms with Gasteiger partial charge in [-0.25, -0.2) is 0 Å². The summed E-state index contributed by atoms with van der Waals surface area (Å²) in [6.45, 7) is 2.05. The smallest absolute Gasteiger partial charge is 0.244 e. The lowest BCUT2D eigenvalue weighted by Crippen LogP contribution is -2.48. The van der Waals surface area contributed by atoms with Crippen LogP contribution in [0, 0.1) is 6.92 Å². The van der Waals surface area contributed by atoms with Crippen molar-refractivity contribution in [2.24, 2.45) is 0 Å². The third-order valence-electron chi connectivity index (χ3n) is 3.72. The van der Waals surface area contributed by atoms with E-state index < -0.39 is 5.54 Å². The first-order valence-corrected chi connectivity index (χ1v) is 6.81. The number of benzene rings is 1. The van der Waals surface area contributed by atoms with Crippen LogP contribution in [0.25, 0.3) is 6.08 Å². The lowest BCUT2D eigenvalue weighted by molar-refractivity contribution is -0.118. The van der Waals surface area contributed by atoms with Gasteiger partial charge in [0.15, 0.2) is 0 Å². The fourth-order valence-corrected chi connectivity index (χ4v) is 2.62. The second-order valence-corrected chi connectivity index (χ2v) is 5.38. The van der Waals surface area contributed by atoms with Gasteiger partial charge in [0.2, 0.25) is 5.91 Å². The van der Waals surface area contributed by atoms with Gasteiger partial charge in [0.05, 0.1) is 12.1 Å². The number of hydrogen-bond donors (Lipinski definition) is 2. The minimum atomic E-state index is -0.395. The number of amides is 1. The van der Waals surface area contributed by atoms with Gasteiger partial charge in [0.1, 0.15) is 0 Å². The summed E-state index contributed by atoms with van der Waals surface area (Å²) in [5, 5.41) is 12.4. The average molecular weight is 259 g/mol. The molecule has 3 nitrogen and oxygen atoms in total. The van der Waals surface area contributed by atoms with Crippen LogP contribution < -0.4 is 5.32 Å². The Morgan fingerprint density at radius 2 is 2.16 bits per heavy atom. The first-order chi connectivity index (χ1) is 9.13. The number of carbonyl (C=O) groups excluding carboxylic acids is 1. The van der Waals surface area contributed by atoms with Gasteiger partial charge >= 0.3 is 0 Å². The Hall–Kier alpha value is -1.61. The third kappa shape index (κ3) is 3.67. The highest BCUT2D eigenvalue weighted by atomic mass is 16.3. The lowest BCUT2D eigenvalue weighted by Gasteiger charge is -2.27. The van der Waals surface area contributed by atoms with E-state index in [0.717, 1.165) is 31.2 Å². The van der Waals surface area contributed by atoms with Crippen LogP contribution >= 0.6 is 0 Å². The van der Waals surface area contributed by atoms with Crippen molar-refractivity contribution in [2.75, 3.05) is 6.61 Å². The molecule has 0 spiro atoms. The lowest BCUT2D eigenvalue weighted by atomic mass is 9.99. The number of carbonyl (C=O) groups is 1. The van der Waals surface area contributed by atoms with Crippen molar-refractivity contribution in [1.82, 2.24) is 5.32 Å². The second-order valence-electron chi connectivity index (χ2n) is 5.38. The van der Waals surface area contributed by atoms with Crippen LogP contribution in [-0.4, -0.2) is 23.2 Å². The Morgan fingerprint density at radius 3 is 2.79 bits per heavy atom. The molecule has 0 aromatic heterocycles. The molecular weight excluding hydrogens is 238 g/mol. The zero-order valence-electron chi connectivity index (χ0n) is 11.4. The van der Waals surface area contributed by atoms with Crippen LogP contribution in [-0.2, 0) is 4.79 Å². The van der Waals surface area contributed by atoms with Gasteiger partial charge in [0.25, 0.3) is 0 Å². The molecule has 0 heterocycles. The third-order valence-corrected chi connectivity index (χ3v) is 3.72. The summed E-state index contributed by atoms with van der Waals surface area (Å²) in [5.74, 6) is -0.127. The van der Waals surface area contributed by atoms with E-state index in [4.69, 9.17) is 0 Å². The van der Waals surface area contributed by atoms with Gasteiger partial charge in [-0.3, -0.25) is 4.79 Å². The van der Waals surface area contributed by atoms with E-state index in [1.807, 2.05) is 37.3 Å². The summed E-state index contributed by atoms with van der Waals surface area (Å²) in [7, 11) is 0. The van der Waals surface area contributed by atoms with E-state index in [2.05, 4.69) is 5.32 Å². The van der Waals surface area contributed by atoms with Gasteiger partial charge in [0, 0.05) is 6.08 Å². The molecule has 19 heavy (non-hydrogen) atoms. The van der Waals surface area contributed by atoms with Crippen LogP contribution in [0.1, 0.15) is 36.8 Å². The largest absolute Gasteiger partial charge is 0.394 e. The Balaban J connectivity index is 1.97. The van der Waals surface area contributed by atoms with Gasteiger partial charge in [-0.05, 0) is 31.4 Å². The van der Waals surface area contributed by atoms with E-state index in [9.17, 15) is 9.90 Å². The number of aryl methyl sites for hydroxylation is 1. The van der Waals surface area contributed by atoms with Crippen LogP contribution in [0.4, 0.5) is 0 Å². The van der Waals surface area contributed by atoms with Gasteiger partial charge < -0.3 is 10.4 Å². The molecule has 1 fully saturated rings. The molecule has 0 radical (unpaired) electrons. The molecular formula is C16H21NO2. The summed E-state index contributed by atoms with van der Waals surface area (Å²) in [5.41, 5.74) is 1.79. The molecule has 1 amide bonds. The summed E-state index contributed by atoms with van der Waals surface area (Å²) >= 11 is 0. The van der Waals surface area contributed by atoms with Crippen molar-refractivity contribution < 1.29 is 9.90 Å². The van der Waals surface area contributed by atoms with Crippen molar-refractivity contribution in [3.05, 3.63) is 41.5 Å². The number of aliphatic hydroxyl groups excluding tert-OH is 1. The van der Waals surface area contributed by atoms with Gasteiger partial charge in [-0.2, -0.15) is 0 Å². The molecule has 1 aliphatic carbocycles. The van der Waals surface area contributed by atoms with Crippen LogP contribution in [0.2, 0.25) is 0 Å². The van der Waals surface area contributed by atoms with Crippen molar-refractivity contribution >= 4 is 12.0 Å². The van der Waals surface area contributed by atoms with Gasteiger partial charge in [-0.15, -0.1) is 0 Å². The molecule has 0 atom stereocenters. The molecule has 0 bridgehead atoms. The summed E-state index contributed by atoms with van der Waals surface area (Å²) in [4.78, 5) is 11.9. The van der Waals surface area contributed by atoms with Crippen molar-refractivity contribution in [2.45, 2.75) is 38.1 Å². The Labute approximate surface area is 114 Å². The van der Waals surface area contributed by atoms with Crippen molar-refractivity contribution in [1.29, 1.82) is 0 Å². The molecule has 1 saturated carbocycles. The Kier molecular flexibility index (Phi) is 4.38. The molecule has 1 aliphatic rings. The number of nitrogens with one attached hydrogen (secondary N) is 1. The molecule has 3 heteroatoms. The molecule has 1 aromatic rings. The monoisotopic (exact) mass is 259 g/mol. The highest BCUT2D eigenvalue weighted by Crippen LogP contribution is 2.29. The first-order valence-electron chi connectivity index (χ1n) is 6.81. The highest BCUT2D eigenvalue weighted by molar-refractivity contribution is 5.92. The average Bonchev–Trinajstić information content (AvgIpc) is 2.86. The number of rotatable bonds is 4. The molecule has 2 N–H and O–H groups in total. The van der Waals surface area contributed by atoms with E-state index >= 15 is 0 Å². The Bertz CT molecular complexity index is 473. The Morgan fingerprint density at radius 1 is 1.42 bits per heavy atom. The maximum Gasteiger partial charge on any atom is 0.244 e. The minimum Gasteiger partial charge on any atom is -0.394 e. The summed E-state index contributed by atoms with van der Waals surface area (Å²) in [6.07, 6.45) is 7.23. The van der Waals surface area contributed by atoms with Crippen LogP contribution in [0.15, 0.2) is 30.3 Å². The van der Waals surface area contributed by atoms with E-state index in [0.29, 0.717) is 0 Å². The van der Waals surface area contributed by atoms with E-state index in [1.165, 1.54) is 5.56 Å². The SMILES string of the molecule is Cc1cccc(/C=C/C(=O)NC2(CO)CCCC2)c1. The first kappa shape index (κ1) is 13.8. The molecule has 1 aromatic carbocycles. The molecule has 0 unspecified atom stereocenters.